The van der Waals surface area contributed by atoms with Crippen molar-refractivity contribution in [1.29, 1.82) is 0 Å². The minimum Gasteiger partial charge on any atom is -0.329 e. The third-order valence-electron chi connectivity index (χ3n) is 4.24. The van der Waals surface area contributed by atoms with Crippen LogP contribution in [0.15, 0.2) is 0 Å². The van der Waals surface area contributed by atoms with Crippen LogP contribution < -0.4 is 27.0 Å². The molecule has 0 aliphatic carbocycles. The van der Waals surface area contributed by atoms with E-state index in [1.807, 2.05) is 0 Å². The molecule has 0 bridgehead atoms. The molecule has 1 atom stereocenters. The first kappa shape index (κ1) is 20.8. The first-order chi connectivity index (χ1) is 9.92. The number of rotatable bonds is 14. The zero-order valence-corrected chi connectivity index (χ0v) is 14.8. The predicted molar refractivity (Wildman–Crippen MR) is 92.9 cm³/mol. The molecule has 0 heterocycles. The summed E-state index contributed by atoms with van der Waals surface area (Å²) in [6, 6.07) is 0.459. The number of likely N-dealkylation sites (N-methyl/N-ethyl adjacent to an activating group) is 1. The van der Waals surface area contributed by atoms with Crippen LogP contribution in [0.5, 0.6) is 0 Å². The highest BCUT2D eigenvalue weighted by atomic mass is 15.2. The Hall–Kier alpha value is -0.240. The smallest absolute Gasteiger partial charge is 0.0297 e. The Kier molecular flexibility index (Phi) is 12.2. The van der Waals surface area contributed by atoms with Crippen LogP contribution in [-0.4, -0.2) is 82.9 Å². The van der Waals surface area contributed by atoms with Gasteiger partial charge in [0.1, 0.15) is 0 Å². The number of hydrogen-bond acceptors (Lipinski definition) is 6. The van der Waals surface area contributed by atoms with E-state index in [4.69, 9.17) is 5.73 Å². The van der Waals surface area contributed by atoms with Gasteiger partial charge in [-0.05, 0) is 34.9 Å². The van der Waals surface area contributed by atoms with Gasteiger partial charge in [-0.3, -0.25) is 0 Å². The van der Waals surface area contributed by atoms with E-state index >= 15 is 0 Å². The first-order valence-electron chi connectivity index (χ1n) is 8.16. The van der Waals surface area contributed by atoms with Gasteiger partial charge in [-0.1, -0.05) is 0 Å². The quantitative estimate of drug-likeness (QED) is 0.266. The molecule has 0 amide bonds. The molecule has 0 saturated carbocycles. The number of hydrogen-bond donors (Lipinski definition) is 5. The SMILES string of the molecule is CC(NCCNCCNCCNCCN)C(C)(C)N(C)C. The second-order valence-corrected chi connectivity index (χ2v) is 6.26. The summed E-state index contributed by atoms with van der Waals surface area (Å²) in [7, 11) is 4.26. The van der Waals surface area contributed by atoms with Gasteiger partial charge in [-0.2, -0.15) is 0 Å². The van der Waals surface area contributed by atoms with E-state index in [1.165, 1.54) is 0 Å². The van der Waals surface area contributed by atoms with Crippen LogP contribution in [0.1, 0.15) is 20.8 Å². The molecule has 0 rings (SSSR count). The summed E-state index contributed by atoms with van der Waals surface area (Å²) in [4.78, 5) is 2.26. The Labute approximate surface area is 131 Å². The van der Waals surface area contributed by atoms with Crippen LogP contribution in [0.2, 0.25) is 0 Å². The van der Waals surface area contributed by atoms with Gasteiger partial charge in [0.2, 0.25) is 0 Å². The van der Waals surface area contributed by atoms with Crippen LogP contribution in [0.25, 0.3) is 0 Å². The van der Waals surface area contributed by atoms with E-state index in [0.29, 0.717) is 12.6 Å². The summed E-state index contributed by atoms with van der Waals surface area (Å²) in [5, 5.41) is 13.7. The van der Waals surface area contributed by atoms with Gasteiger partial charge in [0.15, 0.2) is 0 Å². The lowest BCUT2D eigenvalue weighted by Gasteiger charge is -2.38. The molecule has 128 valence electrons. The van der Waals surface area contributed by atoms with Gasteiger partial charge < -0.3 is 31.9 Å². The molecule has 6 nitrogen and oxygen atoms in total. The average molecular weight is 303 g/mol. The van der Waals surface area contributed by atoms with Crippen LogP contribution in [0, 0.1) is 0 Å². The number of nitrogens with zero attached hydrogens (tertiary/aromatic N) is 1. The van der Waals surface area contributed by atoms with E-state index in [2.05, 4.69) is 61.0 Å². The van der Waals surface area contributed by atoms with Crippen LogP contribution in [0.3, 0.4) is 0 Å². The van der Waals surface area contributed by atoms with Crippen molar-refractivity contribution in [3.8, 4) is 0 Å². The van der Waals surface area contributed by atoms with E-state index in [1.54, 1.807) is 0 Å². The monoisotopic (exact) mass is 302 g/mol. The molecule has 0 fully saturated rings. The molecular formula is C15H38N6. The third-order valence-corrected chi connectivity index (χ3v) is 4.24. The van der Waals surface area contributed by atoms with Crippen molar-refractivity contribution in [2.45, 2.75) is 32.4 Å². The standard InChI is InChI=1S/C15H38N6/c1-14(15(2,3)21(4)5)20-13-12-19-11-10-18-9-8-17-7-6-16/h14,17-20H,6-13,16H2,1-5H3. The predicted octanol–water partition coefficient (Wildman–Crippen LogP) is -0.968. The lowest BCUT2D eigenvalue weighted by Crippen LogP contribution is -2.54. The van der Waals surface area contributed by atoms with Crippen molar-refractivity contribution < 1.29 is 0 Å². The van der Waals surface area contributed by atoms with Crippen LogP contribution in [0.4, 0.5) is 0 Å². The molecule has 6 heteroatoms. The molecule has 6 N–H and O–H groups in total. The van der Waals surface area contributed by atoms with Crippen molar-refractivity contribution in [1.82, 2.24) is 26.2 Å². The van der Waals surface area contributed by atoms with Crippen molar-refractivity contribution >= 4 is 0 Å². The van der Waals surface area contributed by atoms with E-state index in [-0.39, 0.29) is 5.54 Å². The van der Waals surface area contributed by atoms with Gasteiger partial charge >= 0.3 is 0 Å². The zero-order chi connectivity index (χ0) is 16.1. The maximum absolute atomic E-state index is 5.40. The molecule has 0 spiro atoms. The highest BCUT2D eigenvalue weighted by Crippen LogP contribution is 2.14. The van der Waals surface area contributed by atoms with Gasteiger partial charge in [0.05, 0.1) is 0 Å². The highest BCUT2D eigenvalue weighted by molar-refractivity contribution is 4.88. The second-order valence-electron chi connectivity index (χ2n) is 6.26. The Balaban J connectivity index is 3.36. The largest absolute Gasteiger partial charge is 0.329 e. The molecule has 0 radical (unpaired) electrons. The summed E-state index contributed by atoms with van der Waals surface area (Å²) in [6.45, 7) is 14.4. The van der Waals surface area contributed by atoms with E-state index in [9.17, 15) is 0 Å². The molecule has 0 aliphatic rings. The summed E-state index contributed by atoms with van der Waals surface area (Å²) >= 11 is 0. The van der Waals surface area contributed by atoms with E-state index in [0.717, 1.165) is 45.8 Å². The number of nitrogens with one attached hydrogen (secondary N) is 4. The number of nitrogens with two attached hydrogens (primary N) is 1. The fourth-order valence-electron chi connectivity index (χ4n) is 1.84. The maximum atomic E-state index is 5.40. The van der Waals surface area contributed by atoms with Crippen molar-refractivity contribution in [2.75, 3.05) is 66.5 Å². The topological polar surface area (TPSA) is 77.4 Å². The van der Waals surface area contributed by atoms with Gasteiger partial charge in [0.25, 0.3) is 0 Å². The fourth-order valence-corrected chi connectivity index (χ4v) is 1.84. The third kappa shape index (κ3) is 10.2. The van der Waals surface area contributed by atoms with Crippen molar-refractivity contribution in [3.63, 3.8) is 0 Å². The molecule has 21 heavy (non-hydrogen) atoms. The lowest BCUT2D eigenvalue weighted by atomic mass is 9.95. The molecule has 0 aromatic carbocycles. The van der Waals surface area contributed by atoms with Crippen LogP contribution >= 0.6 is 0 Å². The minimum absolute atomic E-state index is 0.165. The van der Waals surface area contributed by atoms with Crippen molar-refractivity contribution in [2.24, 2.45) is 5.73 Å². The Bertz CT molecular complexity index is 232. The summed E-state index contributed by atoms with van der Waals surface area (Å²) in [5.74, 6) is 0. The fraction of sp³-hybridized carbons (Fsp3) is 1.00. The minimum atomic E-state index is 0.165. The van der Waals surface area contributed by atoms with Crippen LogP contribution in [-0.2, 0) is 0 Å². The van der Waals surface area contributed by atoms with Gasteiger partial charge in [-0.25, -0.2) is 0 Å². The highest BCUT2D eigenvalue weighted by Gasteiger charge is 2.27. The Morgan fingerprint density at radius 1 is 0.857 bits per heavy atom. The Morgan fingerprint density at radius 3 is 1.71 bits per heavy atom. The van der Waals surface area contributed by atoms with Gasteiger partial charge in [0, 0.05) is 63.9 Å². The summed E-state index contributed by atoms with van der Waals surface area (Å²) < 4.78 is 0. The van der Waals surface area contributed by atoms with Crippen molar-refractivity contribution in [3.05, 3.63) is 0 Å². The molecule has 0 saturated heterocycles. The summed E-state index contributed by atoms with van der Waals surface area (Å²) in [6.07, 6.45) is 0. The van der Waals surface area contributed by atoms with Gasteiger partial charge in [-0.15, -0.1) is 0 Å². The van der Waals surface area contributed by atoms with E-state index < -0.39 is 0 Å². The molecule has 0 aliphatic heterocycles. The normalized spacial score (nSPS) is 13.9. The molecule has 0 aromatic heterocycles. The molecule has 1 unspecified atom stereocenters. The summed E-state index contributed by atoms with van der Waals surface area (Å²) in [5.41, 5.74) is 5.57. The average Bonchev–Trinajstić information content (AvgIpc) is 2.44. The maximum Gasteiger partial charge on any atom is 0.0297 e. The molecule has 0 aromatic rings. The Morgan fingerprint density at radius 2 is 1.29 bits per heavy atom. The lowest BCUT2D eigenvalue weighted by molar-refractivity contribution is 0.146. The molecular weight excluding hydrogens is 264 g/mol. The zero-order valence-electron chi connectivity index (χ0n) is 14.8. The first-order valence-corrected chi connectivity index (χ1v) is 8.16. The second kappa shape index (κ2) is 12.3.